The van der Waals surface area contributed by atoms with Gasteiger partial charge >= 0.3 is 0 Å². The number of nitrogen functional groups attached to an aromatic ring is 1. The summed E-state index contributed by atoms with van der Waals surface area (Å²) in [6.07, 6.45) is 1.48. The minimum atomic E-state index is -0.618. The number of nitrogens with zero attached hydrogens (tertiary/aromatic N) is 1. The van der Waals surface area contributed by atoms with E-state index < -0.39 is 6.10 Å². The lowest BCUT2D eigenvalue weighted by Crippen LogP contribution is -2.40. The third kappa shape index (κ3) is 8.08. The molecule has 0 saturated carbocycles. The van der Waals surface area contributed by atoms with Gasteiger partial charge in [0.1, 0.15) is 24.2 Å². The van der Waals surface area contributed by atoms with E-state index in [2.05, 4.69) is 17.0 Å². The van der Waals surface area contributed by atoms with Crippen LogP contribution in [-0.2, 0) is 0 Å². The van der Waals surface area contributed by atoms with Gasteiger partial charge in [0, 0.05) is 18.7 Å². The van der Waals surface area contributed by atoms with Crippen LogP contribution in [0, 0.1) is 0 Å². The van der Waals surface area contributed by atoms with E-state index in [-0.39, 0.29) is 31.4 Å². The minimum absolute atomic E-state index is 0. The Labute approximate surface area is 230 Å². The highest BCUT2D eigenvalue weighted by Gasteiger charge is 2.23. The fourth-order valence-corrected chi connectivity index (χ4v) is 4.40. The number of hydrogen-bond donors (Lipinski definition) is 2. The van der Waals surface area contributed by atoms with Crippen LogP contribution in [0.2, 0.25) is 5.02 Å². The van der Waals surface area contributed by atoms with E-state index in [9.17, 15) is 5.11 Å². The standard InChI is InChI=1S/C27H31ClN2O4.2ClH/c1-32-26-15-24(28)25(29)16-27(26)33-18-21(31)17-30-13-11-20(12-14-30)19-7-9-23(10-8-19)34-22-5-3-2-4-6-22;;/h2-10,15-16,20-21,31H,11-14,17-18,29H2,1H3;2*1H. The van der Waals surface area contributed by atoms with E-state index in [0.717, 1.165) is 37.4 Å². The lowest BCUT2D eigenvalue weighted by molar-refractivity contribution is 0.0586. The Balaban J connectivity index is 0.00000228. The highest BCUT2D eigenvalue weighted by atomic mass is 35.5. The molecule has 0 aliphatic carbocycles. The predicted molar refractivity (Wildman–Crippen MR) is 150 cm³/mol. The number of halogens is 3. The summed E-state index contributed by atoms with van der Waals surface area (Å²) in [4.78, 5) is 2.28. The summed E-state index contributed by atoms with van der Waals surface area (Å²) in [5.41, 5.74) is 7.60. The normalized spacial score (nSPS) is 14.8. The second-order valence-corrected chi connectivity index (χ2v) is 8.96. The van der Waals surface area contributed by atoms with Gasteiger partial charge in [0.2, 0.25) is 0 Å². The molecule has 9 heteroatoms. The summed E-state index contributed by atoms with van der Waals surface area (Å²) in [5, 5.41) is 10.9. The number of anilines is 1. The Morgan fingerprint density at radius 3 is 2.25 bits per heavy atom. The lowest BCUT2D eigenvalue weighted by Gasteiger charge is -2.33. The molecule has 0 aromatic heterocycles. The maximum absolute atomic E-state index is 10.5. The van der Waals surface area contributed by atoms with Crippen LogP contribution in [0.25, 0.3) is 0 Å². The first-order valence-corrected chi connectivity index (χ1v) is 11.9. The average Bonchev–Trinajstić information content (AvgIpc) is 2.86. The van der Waals surface area contributed by atoms with Crippen molar-refractivity contribution >= 4 is 42.1 Å². The van der Waals surface area contributed by atoms with Crippen molar-refractivity contribution in [1.29, 1.82) is 0 Å². The summed E-state index contributed by atoms with van der Waals surface area (Å²) in [5.74, 6) is 3.16. The number of nitrogens with two attached hydrogens (primary N) is 1. The first-order chi connectivity index (χ1) is 16.5. The Morgan fingerprint density at radius 1 is 0.972 bits per heavy atom. The van der Waals surface area contributed by atoms with Gasteiger partial charge in [0.05, 0.1) is 17.8 Å². The maximum atomic E-state index is 10.5. The highest BCUT2D eigenvalue weighted by Crippen LogP contribution is 2.35. The molecule has 4 rings (SSSR count). The Morgan fingerprint density at radius 2 is 1.61 bits per heavy atom. The van der Waals surface area contributed by atoms with Gasteiger partial charge in [0.15, 0.2) is 11.5 Å². The van der Waals surface area contributed by atoms with Gasteiger partial charge in [-0.15, -0.1) is 24.8 Å². The first-order valence-electron chi connectivity index (χ1n) is 11.5. The van der Waals surface area contributed by atoms with Crippen molar-refractivity contribution in [3.05, 3.63) is 77.3 Å². The average molecular weight is 556 g/mol. The molecular formula is C27H33Cl3N2O4. The van der Waals surface area contributed by atoms with Crippen LogP contribution in [0.5, 0.6) is 23.0 Å². The number of aliphatic hydroxyl groups is 1. The quantitative estimate of drug-likeness (QED) is 0.307. The van der Waals surface area contributed by atoms with Crippen LogP contribution in [-0.4, -0.2) is 49.5 Å². The van der Waals surface area contributed by atoms with Crippen molar-refractivity contribution in [2.24, 2.45) is 0 Å². The molecule has 0 radical (unpaired) electrons. The van der Waals surface area contributed by atoms with Gasteiger partial charge in [0.25, 0.3) is 0 Å². The zero-order valence-electron chi connectivity index (χ0n) is 20.1. The molecule has 6 nitrogen and oxygen atoms in total. The number of methoxy groups -OCH3 is 1. The van der Waals surface area contributed by atoms with Crippen molar-refractivity contribution in [1.82, 2.24) is 4.90 Å². The SMILES string of the molecule is COc1cc(Cl)c(N)cc1OCC(O)CN1CCC(c2ccc(Oc3ccccc3)cc2)CC1.Cl.Cl. The summed E-state index contributed by atoms with van der Waals surface area (Å²) in [6, 6.07) is 21.4. The van der Waals surface area contributed by atoms with Gasteiger partial charge in [-0.3, -0.25) is 0 Å². The maximum Gasteiger partial charge on any atom is 0.163 e. The highest BCUT2D eigenvalue weighted by molar-refractivity contribution is 6.33. The molecule has 0 spiro atoms. The molecule has 3 aromatic rings. The van der Waals surface area contributed by atoms with Crippen molar-refractivity contribution in [3.8, 4) is 23.0 Å². The molecule has 1 aliphatic heterocycles. The van der Waals surface area contributed by atoms with Crippen LogP contribution in [0.1, 0.15) is 24.3 Å². The largest absolute Gasteiger partial charge is 0.493 e. The van der Waals surface area contributed by atoms with E-state index in [0.29, 0.717) is 34.7 Å². The van der Waals surface area contributed by atoms with Gasteiger partial charge in [-0.2, -0.15) is 0 Å². The van der Waals surface area contributed by atoms with Gasteiger partial charge in [-0.05, 0) is 61.7 Å². The molecule has 3 aromatic carbocycles. The number of rotatable bonds is 9. The fourth-order valence-electron chi connectivity index (χ4n) is 4.24. The molecule has 36 heavy (non-hydrogen) atoms. The number of hydrogen-bond acceptors (Lipinski definition) is 6. The van der Waals surface area contributed by atoms with E-state index in [4.69, 9.17) is 31.5 Å². The van der Waals surface area contributed by atoms with Crippen LogP contribution < -0.4 is 19.9 Å². The Hall–Kier alpha value is -2.35. The second kappa shape index (κ2) is 14.4. The monoisotopic (exact) mass is 554 g/mol. The van der Waals surface area contributed by atoms with Gasteiger partial charge in [-0.25, -0.2) is 0 Å². The topological polar surface area (TPSA) is 77.2 Å². The molecule has 0 bridgehead atoms. The molecule has 1 fully saturated rings. The predicted octanol–water partition coefficient (Wildman–Crippen LogP) is 6.19. The first kappa shape index (κ1) is 29.9. The number of β-amino-alcohol motifs (C(OH)–C–C–N with tert-alkyl or cyclic N) is 1. The van der Waals surface area contributed by atoms with Crippen LogP contribution in [0.15, 0.2) is 66.7 Å². The van der Waals surface area contributed by atoms with Crippen LogP contribution in [0.3, 0.4) is 0 Å². The number of piperidine rings is 1. The number of ether oxygens (including phenoxy) is 3. The van der Waals surface area contributed by atoms with Gasteiger partial charge < -0.3 is 30.0 Å². The molecule has 196 valence electrons. The molecule has 1 saturated heterocycles. The van der Waals surface area contributed by atoms with Gasteiger partial charge in [-0.1, -0.05) is 41.9 Å². The van der Waals surface area contributed by atoms with E-state index >= 15 is 0 Å². The number of aliphatic hydroxyl groups excluding tert-OH is 1. The Bertz CT molecular complexity index is 1060. The number of likely N-dealkylation sites (tertiary alicyclic amines) is 1. The summed E-state index contributed by atoms with van der Waals surface area (Å²) in [6.45, 7) is 2.57. The minimum Gasteiger partial charge on any atom is -0.493 e. The van der Waals surface area contributed by atoms with Crippen molar-refractivity contribution < 1.29 is 19.3 Å². The summed E-state index contributed by atoms with van der Waals surface area (Å²) < 4.78 is 16.9. The van der Waals surface area contributed by atoms with E-state index in [1.165, 1.54) is 5.56 Å². The Kier molecular flexibility index (Phi) is 12.0. The third-order valence-electron chi connectivity index (χ3n) is 6.10. The van der Waals surface area contributed by atoms with Crippen molar-refractivity contribution in [2.75, 3.05) is 39.1 Å². The second-order valence-electron chi connectivity index (χ2n) is 8.55. The van der Waals surface area contributed by atoms with Crippen molar-refractivity contribution in [3.63, 3.8) is 0 Å². The zero-order chi connectivity index (χ0) is 23.9. The third-order valence-corrected chi connectivity index (χ3v) is 6.43. The van der Waals surface area contributed by atoms with E-state index in [1.807, 2.05) is 42.5 Å². The van der Waals surface area contributed by atoms with Crippen LogP contribution in [0.4, 0.5) is 5.69 Å². The molecule has 1 unspecified atom stereocenters. The molecule has 1 aliphatic rings. The summed E-state index contributed by atoms with van der Waals surface area (Å²) in [7, 11) is 1.54. The smallest absolute Gasteiger partial charge is 0.163 e. The zero-order valence-corrected chi connectivity index (χ0v) is 22.5. The van der Waals surface area contributed by atoms with E-state index in [1.54, 1.807) is 19.2 Å². The molecule has 3 N–H and O–H groups in total. The number of para-hydroxylation sites is 1. The molecule has 0 amide bonds. The molecule has 1 atom stereocenters. The van der Waals surface area contributed by atoms with Crippen molar-refractivity contribution in [2.45, 2.75) is 24.9 Å². The fraction of sp³-hybridized carbons (Fsp3) is 0.333. The van der Waals surface area contributed by atoms with Crippen LogP contribution >= 0.6 is 36.4 Å². The number of benzene rings is 3. The molecular weight excluding hydrogens is 523 g/mol. The lowest BCUT2D eigenvalue weighted by atomic mass is 9.89. The summed E-state index contributed by atoms with van der Waals surface area (Å²) >= 11 is 6.03. The molecule has 1 heterocycles.